The highest BCUT2D eigenvalue weighted by atomic mass is 16.5. The van der Waals surface area contributed by atoms with E-state index in [1.165, 1.54) is 16.7 Å². The Morgan fingerprint density at radius 3 is 2.44 bits per heavy atom. The molecule has 6 heteroatoms. The van der Waals surface area contributed by atoms with Gasteiger partial charge in [-0.3, -0.25) is 4.90 Å². The van der Waals surface area contributed by atoms with Crippen molar-refractivity contribution in [3.05, 3.63) is 40.5 Å². The molecule has 6 nitrogen and oxygen atoms in total. The predicted octanol–water partition coefficient (Wildman–Crippen LogP) is 2.88. The molecule has 27 heavy (non-hydrogen) atoms. The molecule has 2 aromatic rings. The predicted molar refractivity (Wildman–Crippen MR) is 108 cm³/mol. The molecule has 1 saturated heterocycles. The molecule has 1 aliphatic rings. The number of likely N-dealkylation sites (tertiary alicyclic amines) is 1. The molecule has 0 bridgehead atoms. The Balaban J connectivity index is 1.61. The van der Waals surface area contributed by atoms with Crippen molar-refractivity contribution in [1.29, 1.82) is 0 Å². The van der Waals surface area contributed by atoms with Crippen LogP contribution in [0.3, 0.4) is 0 Å². The van der Waals surface area contributed by atoms with E-state index in [1.807, 2.05) is 0 Å². The van der Waals surface area contributed by atoms with Crippen molar-refractivity contribution < 1.29 is 4.74 Å². The largest absolute Gasteiger partial charge is 0.496 e. The highest BCUT2D eigenvalue weighted by Crippen LogP contribution is 2.29. The van der Waals surface area contributed by atoms with Crippen LogP contribution in [0.25, 0.3) is 0 Å². The Morgan fingerprint density at radius 1 is 1.11 bits per heavy atom. The number of hydrogen-bond donors (Lipinski definition) is 0. The van der Waals surface area contributed by atoms with Crippen LogP contribution in [0, 0.1) is 13.8 Å². The van der Waals surface area contributed by atoms with Crippen LogP contribution in [0.4, 0.5) is 0 Å². The highest BCUT2D eigenvalue weighted by molar-refractivity contribution is 5.41. The van der Waals surface area contributed by atoms with E-state index in [4.69, 9.17) is 4.74 Å². The maximum atomic E-state index is 5.44. The van der Waals surface area contributed by atoms with Gasteiger partial charge in [0, 0.05) is 19.5 Å². The van der Waals surface area contributed by atoms with E-state index in [0.29, 0.717) is 5.92 Å². The number of aryl methyl sites for hydroxylation is 2. The lowest BCUT2D eigenvalue weighted by Gasteiger charge is -2.32. The smallest absolute Gasteiger partial charge is 0.146 e. The van der Waals surface area contributed by atoms with Gasteiger partial charge in [-0.05, 0) is 76.6 Å². The van der Waals surface area contributed by atoms with Gasteiger partial charge < -0.3 is 14.2 Å². The van der Waals surface area contributed by atoms with E-state index in [0.717, 1.165) is 56.4 Å². The standard InChI is InChI=1S/C21H33N5O/c1-15-12-19(27-6)16(2)11-18(15)13-26-9-7-17(8-10-26)21-23-22-20(25(21)5)14-24(3)4/h11-12,17H,7-10,13-14H2,1-6H3. The average Bonchev–Trinajstić information content (AvgIpc) is 2.98. The molecule has 1 fully saturated rings. The Morgan fingerprint density at radius 2 is 1.81 bits per heavy atom. The zero-order valence-corrected chi connectivity index (χ0v) is 17.6. The second-order valence-corrected chi connectivity index (χ2v) is 8.07. The summed E-state index contributed by atoms with van der Waals surface area (Å²) in [5.74, 6) is 3.67. The third-order valence-corrected chi connectivity index (χ3v) is 5.66. The molecule has 3 rings (SSSR count). The molecule has 0 atom stereocenters. The molecule has 0 aliphatic carbocycles. The summed E-state index contributed by atoms with van der Waals surface area (Å²) in [5.41, 5.74) is 3.92. The van der Waals surface area contributed by atoms with Crippen LogP contribution in [0.2, 0.25) is 0 Å². The first kappa shape index (κ1) is 19.8. The summed E-state index contributed by atoms with van der Waals surface area (Å²) in [6, 6.07) is 4.43. The van der Waals surface area contributed by atoms with Crippen molar-refractivity contribution >= 4 is 0 Å². The van der Waals surface area contributed by atoms with E-state index in [9.17, 15) is 0 Å². The maximum absolute atomic E-state index is 5.44. The number of benzene rings is 1. The molecular formula is C21H33N5O. The van der Waals surface area contributed by atoms with Crippen molar-refractivity contribution in [2.45, 2.75) is 45.7 Å². The fourth-order valence-corrected chi connectivity index (χ4v) is 3.98. The lowest BCUT2D eigenvalue weighted by atomic mass is 9.95. The molecule has 0 amide bonds. The maximum Gasteiger partial charge on any atom is 0.146 e. The second-order valence-electron chi connectivity index (χ2n) is 8.07. The fraction of sp³-hybridized carbons (Fsp3) is 0.619. The summed E-state index contributed by atoms with van der Waals surface area (Å²) in [5, 5.41) is 8.90. The Hall–Kier alpha value is -1.92. The molecule has 148 valence electrons. The van der Waals surface area contributed by atoms with Crippen LogP contribution in [-0.4, -0.2) is 58.9 Å². The molecule has 0 radical (unpaired) electrons. The first-order valence-electron chi connectivity index (χ1n) is 9.78. The number of ether oxygens (including phenoxy) is 1. The van der Waals surface area contributed by atoms with Gasteiger partial charge in [0.25, 0.3) is 0 Å². The highest BCUT2D eigenvalue weighted by Gasteiger charge is 2.25. The number of methoxy groups -OCH3 is 1. The number of hydrogen-bond acceptors (Lipinski definition) is 5. The van der Waals surface area contributed by atoms with Crippen LogP contribution < -0.4 is 4.74 Å². The van der Waals surface area contributed by atoms with Crippen molar-refractivity contribution in [3.8, 4) is 5.75 Å². The molecule has 1 aromatic heterocycles. The minimum absolute atomic E-state index is 0.508. The van der Waals surface area contributed by atoms with E-state index in [1.54, 1.807) is 7.11 Å². The lowest BCUT2D eigenvalue weighted by Crippen LogP contribution is -2.33. The lowest BCUT2D eigenvalue weighted by molar-refractivity contribution is 0.200. The Bertz CT molecular complexity index is 775. The van der Waals surface area contributed by atoms with Gasteiger partial charge >= 0.3 is 0 Å². The van der Waals surface area contributed by atoms with Crippen molar-refractivity contribution in [1.82, 2.24) is 24.6 Å². The van der Waals surface area contributed by atoms with E-state index >= 15 is 0 Å². The van der Waals surface area contributed by atoms with E-state index in [-0.39, 0.29) is 0 Å². The molecule has 2 heterocycles. The van der Waals surface area contributed by atoms with Crippen LogP contribution in [-0.2, 0) is 20.1 Å². The topological polar surface area (TPSA) is 46.4 Å². The summed E-state index contributed by atoms with van der Waals surface area (Å²) in [6.45, 7) is 8.34. The Kier molecular flexibility index (Phi) is 6.17. The summed E-state index contributed by atoms with van der Waals surface area (Å²) in [4.78, 5) is 4.69. The van der Waals surface area contributed by atoms with Gasteiger partial charge in [-0.25, -0.2) is 0 Å². The van der Waals surface area contributed by atoms with E-state index < -0.39 is 0 Å². The quantitative estimate of drug-likeness (QED) is 0.781. The summed E-state index contributed by atoms with van der Waals surface area (Å²) in [6.07, 6.45) is 2.28. The second kappa shape index (κ2) is 8.40. The first-order chi connectivity index (χ1) is 12.9. The van der Waals surface area contributed by atoms with Gasteiger partial charge in [-0.15, -0.1) is 10.2 Å². The van der Waals surface area contributed by atoms with Crippen molar-refractivity contribution in [2.75, 3.05) is 34.3 Å². The SMILES string of the molecule is COc1cc(C)c(CN2CCC(c3nnc(CN(C)C)n3C)CC2)cc1C. The monoisotopic (exact) mass is 371 g/mol. The van der Waals surface area contributed by atoms with Gasteiger partial charge in [-0.1, -0.05) is 6.07 Å². The Labute approximate surface area is 163 Å². The third-order valence-electron chi connectivity index (χ3n) is 5.66. The first-order valence-corrected chi connectivity index (χ1v) is 9.78. The molecule has 1 aliphatic heterocycles. The summed E-state index contributed by atoms with van der Waals surface area (Å²) < 4.78 is 7.63. The van der Waals surface area contributed by atoms with Crippen molar-refractivity contribution in [2.24, 2.45) is 7.05 Å². The summed E-state index contributed by atoms with van der Waals surface area (Å²) in [7, 11) is 7.97. The minimum Gasteiger partial charge on any atom is -0.496 e. The average molecular weight is 372 g/mol. The zero-order valence-electron chi connectivity index (χ0n) is 17.6. The van der Waals surface area contributed by atoms with Crippen LogP contribution in [0.5, 0.6) is 5.75 Å². The molecular weight excluding hydrogens is 338 g/mol. The number of piperidine rings is 1. The molecule has 0 unspecified atom stereocenters. The van der Waals surface area contributed by atoms with Crippen molar-refractivity contribution in [3.63, 3.8) is 0 Å². The zero-order chi connectivity index (χ0) is 19.6. The van der Waals surface area contributed by atoms with Gasteiger partial charge in [0.1, 0.15) is 17.4 Å². The van der Waals surface area contributed by atoms with Crippen LogP contribution in [0.15, 0.2) is 12.1 Å². The van der Waals surface area contributed by atoms with Crippen LogP contribution in [0.1, 0.15) is 47.1 Å². The number of aromatic nitrogens is 3. The van der Waals surface area contributed by atoms with E-state index in [2.05, 4.69) is 71.7 Å². The number of nitrogens with zero attached hydrogens (tertiary/aromatic N) is 5. The van der Waals surface area contributed by atoms with Gasteiger partial charge in [0.05, 0.1) is 13.7 Å². The third kappa shape index (κ3) is 4.50. The molecule has 0 saturated carbocycles. The van der Waals surface area contributed by atoms with Gasteiger partial charge in [0.2, 0.25) is 0 Å². The normalized spacial score (nSPS) is 16.3. The van der Waals surface area contributed by atoms with Gasteiger partial charge in [0.15, 0.2) is 0 Å². The minimum atomic E-state index is 0.508. The molecule has 0 N–H and O–H groups in total. The van der Waals surface area contributed by atoms with Gasteiger partial charge in [-0.2, -0.15) is 0 Å². The summed E-state index contributed by atoms with van der Waals surface area (Å²) >= 11 is 0. The molecule has 0 spiro atoms. The van der Waals surface area contributed by atoms with Crippen LogP contribution >= 0.6 is 0 Å². The fourth-order valence-electron chi connectivity index (χ4n) is 3.98. The number of rotatable bonds is 6. The molecule has 1 aromatic carbocycles.